The van der Waals surface area contributed by atoms with Crippen molar-refractivity contribution < 1.29 is 4.39 Å². The molecule has 0 saturated carbocycles. The van der Waals surface area contributed by atoms with E-state index in [1.54, 1.807) is 12.1 Å². The third kappa shape index (κ3) is 2.77. The molecule has 1 heterocycles. The molecular formula is C21H13ClFN. The van der Waals surface area contributed by atoms with E-state index in [1.165, 1.54) is 12.1 Å². The Bertz CT molecular complexity index is 924. The summed E-state index contributed by atoms with van der Waals surface area (Å²) in [5.74, 6) is -0.249. The summed E-state index contributed by atoms with van der Waals surface area (Å²) < 4.78 is 13.3. The lowest BCUT2D eigenvalue weighted by molar-refractivity contribution is 0.628. The van der Waals surface area contributed by atoms with E-state index in [0.29, 0.717) is 5.02 Å². The van der Waals surface area contributed by atoms with Gasteiger partial charge in [-0.05, 0) is 42.0 Å². The first kappa shape index (κ1) is 14.9. The number of halogens is 2. The molecule has 0 saturated heterocycles. The van der Waals surface area contributed by atoms with Gasteiger partial charge in [0.1, 0.15) is 5.82 Å². The lowest BCUT2D eigenvalue weighted by Crippen LogP contribution is -1.91. The molecule has 3 aromatic carbocycles. The summed E-state index contributed by atoms with van der Waals surface area (Å²) in [5, 5.41) is 1.73. The second-order valence-electron chi connectivity index (χ2n) is 5.59. The van der Waals surface area contributed by atoms with Gasteiger partial charge >= 0.3 is 0 Å². The van der Waals surface area contributed by atoms with Gasteiger partial charge in [-0.25, -0.2) is 9.37 Å². The molecule has 24 heavy (non-hydrogen) atoms. The van der Waals surface area contributed by atoms with Crippen molar-refractivity contribution in [2.75, 3.05) is 0 Å². The van der Waals surface area contributed by atoms with Gasteiger partial charge in [-0.1, -0.05) is 54.1 Å². The van der Waals surface area contributed by atoms with E-state index >= 15 is 0 Å². The van der Waals surface area contributed by atoms with Crippen molar-refractivity contribution in [2.45, 2.75) is 0 Å². The predicted molar refractivity (Wildman–Crippen MR) is 97.6 cm³/mol. The van der Waals surface area contributed by atoms with Crippen LogP contribution in [-0.4, -0.2) is 4.98 Å². The number of hydrogen-bond acceptors (Lipinski definition) is 1. The zero-order valence-electron chi connectivity index (χ0n) is 12.7. The van der Waals surface area contributed by atoms with Crippen LogP contribution in [-0.2, 0) is 0 Å². The molecule has 1 nitrogen and oxygen atoms in total. The summed E-state index contributed by atoms with van der Waals surface area (Å²) in [4.78, 5) is 4.84. The van der Waals surface area contributed by atoms with Gasteiger partial charge in [-0.2, -0.15) is 0 Å². The van der Waals surface area contributed by atoms with Gasteiger partial charge in [0.05, 0.1) is 11.2 Å². The number of hydrogen-bond donors (Lipinski definition) is 0. The molecule has 4 rings (SSSR count). The fraction of sp³-hybridized carbons (Fsp3) is 0. The first-order valence-corrected chi connectivity index (χ1v) is 8.00. The molecule has 0 radical (unpaired) electrons. The summed E-state index contributed by atoms with van der Waals surface area (Å²) >= 11 is 6.01. The standard InChI is InChI=1S/C21H13ClFN/c22-17-9-5-15(6-10-17)21-19(14-7-11-18(23)12-8-14)13-16-3-1-2-4-20(16)24-21/h1-13H. The zero-order valence-corrected chi connectivity index (χ0v) is 13.5. The molecule has 0 bridgehead atoms. The smallest absolute Gasteiger partial charge is 0.123 e. The SMILES string of the molecule is Fc1ccc(-c2cc3ccccc3nc2-c2ccc(Cl)cc2)cc1. The zero-order chi connectivity index (χ0) is 16.5. The molecule has 0 aliphatic carbocycles. The Hall–Kier alpha value is -2.71. The van der Waals surface area contributed by atoms with Crippen LogP contribution in [0.15, 0.2) is 78.9 Å². The predicted octanol–water partition coefficient (Wildman–Crippen LogP) is 6.36. The number of benzene rings is 3. The van der Waals surface area contributed by atoms with E-state index in [4.69, 9.17) is 16.6 Å². The minimum atomic E-state index is -0.249. The average molecular weight is 334 g/mol. The van der Waals surface area contributed by atoms with E-state index in [-0.39, 0.29) is 5.82 Å². The van der Waals surface area contributed by atoms with E-state index < -0.39 is 0 Å². The van der Waals surface area contributed by atoms with Gasteiger partial charge in [0.15, 0.2) is 0 Å². The molecule has 116 valence electrons. The normalized spacial score (nSPS) is 10.9. The summed E-state index contributed by atoms with van der Waals surface area (Å²) in [6, 6.07) is 24.2. The van der Waals surface area contributed by atoms with Crippen LogP contribution >= 0.6 is 11.6 Å². The van der Waals surface area contributed by atoms with Gasteiger partial charge < -0.3 is 0 Å². The number of para-hydroxylation sites is 1. The lowest BCUT2D eigenvalue weighted by atomic mass is 9.97. The third-order valence-electron chi connectivity index (χ3n) is 4.00. The largest absolute Gasteiger partial charge is 0.247 e. The van der Waals surface area contributed by atoms with Gasteiger partial charge in [-0.3, -0.25) is 0 Å². The molecular weight excluding hydrogens is 321 g/mol. The van der Waals surface area contributed by atoms with E-state index in [2.05, 4.69) is 6.07 Å². The Morgan fingerprint density at radius 3 is 2.17 bits per heavy atom. The van der Waals surface area contributed by atoms with Gasteiger partial charge in [-0.15, -0.1) is 0 Å². The van der Waals surface area contributed by atoms with Crippen LogP contribution in [0.1, 0.15) is 0 Å². The Balaban J connectivity index is 2.00. The summed E-state index contributed by atoms with van der Waals surface area (Å²) in [6.07, 6.45) is 0. The molecule has 0 unspecified atom stereocenters. The van der Waals surface area contributed by atoms with Crippen LogP contribution in [0.2, 0.25) is 5.02 Å². The van der Waals surface area contributed by atoms with Crippen molar-refractivity contribution in [1.82, 2.24) is 4.98 Å². The number of nitrogens with zero attached hydrogens (tertiary/aromatic N) is 1. The first-order valence-electron chi connectivity index (χ1n) is 7.62. The van der Waals surface area contributed by atoms with Crippen LogP contribution in [0.3, 0.4) is 0 Å². The number of aromatic nitrogens is 1. The fourth-order valence-electron chi connectivity index (χ4n) is 2.79. The fourth-order valence-corrected chi connectivity index (χ4v) is 2.92. The maximum absolute atomic E-state index is 13.3. The molecule has 0 spiro atoms. The van der Waals surface area contributed by atoms with Crippen LogP contribution in [0.25, 0.3) is 33.3 Å². The highest BCUT2D eigenvalue weighted by Crippen LogP contribution is 2.33. The Morgan fingerprint density at radius 2 is 1.42 bits per heavy atom. The molecule has 0 amide bonds. The second-order valence-corrected chi connectivity index (χ2v) is 6.03. The van der Waals surface area contributed by atoms with Crippen molar-refractivity contribution in [3.8, 4) is 22.4 Å². The lowest BCUT2D eigenvalue weighted by Gasteiger charge is -2.12. The van der Waals surface area contributed by atoms with Gasteiger partial charge in [0, 0.05) is 21.5 Å². The number of fused-ring (bicyclic) bond motifs is 1. The molecule has 0 atom stereocenters. The summed E-state index contributed by atoms with van der Waals surface area (Å²) in [5.41, 5.74) is 4.66. The number of pyridine rings is 1. The number of rotatable bonds is 2. The highest BCUT2D eigenvalue weighted by atomic mass is 35.5. The Morgan fingerprint density at radius 1 is 0.750 bits per heavy atom. The van der Waals surface area contributed by atoms with Crippen molar-refractivity contribution in [1.29, 1.82) is 0 Å². The Kier molecular flexibility index (Phi) is 3.75. The van der Waals surface area contributed by atoms with Crippen molar-refractivity contribution in [2.24, 2.45) is 0 Å². The van der Waals surface area contributed by atoms with Gasteiger partial charge in [0.2, 0.25) is 0 Å². The molecule has 0 aliphatic heterocycles. The minimum Gasteiger partial charge on any atom is -0.247 e. The van der Waals surface area contributed by atoms with Crippen molar-refractivity contribution >= 4 is 22.5 Å². The molecule has 0 N–H and O–H groups in total. The maximum Gasteiger partial charge on any atom is 0.123 e. The highest BCUT2D eigenvalue weighted by molar-refractivity contribution is 6.30. The van der Waals surface area contributed by atoms with Crippen molar-refractivity contribution in [3.63, 3.8) is 0 Å². The maximum atomic E-state index is 13.3. The minimum absolute atomic E-state index is 0.249. The van der Waals surface area contributed by atoms with E-state index in [1.807, 2.05) is 48.5 Å². The van der Waals surface area contributed by atoms with E-state index in [9.17, 15) is 4.39 Å². The third-order valence-corrected chi connectivity index (χ3v) is 4.25. The van der Waals surface area contributed by atoms with Crippen LogP contribution in [0, 0.1) is 5.82 Å². The highest BCUT2D eigenvalue weighted by Gasteiger charge is 2.11. The summed E-state index contributed by atoms with van der Waals surface area (Å²) in [7, 11) is 0. The average Bonchev–Trinajstić information content (AvgIpc) is 2.62. The van der Waals surface area contributed by atoms with Gasteiger partial charge in [0.25, 0.3) is 0 Å². The van der Waals surface area contributed by atoms with Crippen LogP contribution < -0.4 is 0 Å². The molecule has 3 heteroatoms. The topological polar surface area (TPSA) is 12.9 Å². The molecule has 4 aromatic rings. The monoisotopic (exact) mass is 333 g/mol. The van der Waals surface area contributed by atoms with Crippen molar-refractivity contribution in [3.05, 3.63) is 89.7 Å². The second kappa shape index (κ2) is 6.06. The molecule has 0 fully saturated rings. The van der Waals surface area contributed by atoms with Crippen LogP contribution in [0.5, 0.6) is 0 Å². The summed E-state index contributed by atoms with van der Waals surface area (Å²) in [6.45, 7) is 0. The van der Waals surface area contributed by atoms with E-state index in [0.717, 1.165) is 33.3 Å². The first-order chi connectivity index (χ1) is 11.7. The molecule has 1 aromatic heterocycles. The molecule has 0 aliphatic rings. The quantitative estimate of drug-likeness (QED) is 0.416. The van der Waals surface area contributed by atoms with Crippen LogP contribution in [0.4, 0.5) is 4.39 Å². The Labute approximate surface area is 144 Å².